The summed E-state index contributed by atoms with van der Waals surface area (Å²) in [5, 5.41) is 1.67. The Morgan fingerprint density at radius 3 is 2.55 bits per heavy atom. The molecule has 1 N–H and O–H groups in total. The fourth-order valence-electron chi connectivity index (χ4n) is 3.06. The molecule has 33 heavy (non-hydrogen) atoms. The number of para-hydroxylation sites is 1. The molecule has 0 atom stereocenters. The number of alkyl halides is 3. The maximum Gasteiger partial charge on any atom is 0.418 e. The van der Waals surface area contributed by atoms with Crippen LogP contribution in [0.5, 0.6) is 0 Å². The number of carbonyl (C=O) groups is 2. The standard InChI is InChI=1S/C19H17ClF3N5O5/c1-26-16-15(17(31)27(2)18(26)32)28(9-24-16)7-6-13(30)33-8-12(29)25-14-10(19(21,22)23)4-3-5-11(14)20/h3-5,9H,6-8H2,1-2H3,(H,25,29). The number of rotatable bonds is 6. The van der Waals surface area contributed by atoms with E-state index in [0.717, 1.165) is 16.7 Å². The summed E-state index contributed by atoms with van der Waals surface area (Å²) in [6.07, 6.45) is -3.75. The monoisotopic (exact) mass is 487 g/mol. The lowest BCUT2D eigenvalue weighted by atomic mass is 10.1. The van der Waals surface area contributed by atoms with Crippen LogP contribution in [0, 0.1) is 0 Å². The molecule has 0 aliphatic carbocycles. The quantitative estimate of drug-likeness (QED) is 0.529. The molecule has 0 bridgehead atoms. The van der Waals surface area contributed by atoms with Crippen molar-refractivity contribution in [3.05, 3.63) is 56.0 Å². The van der Waals surface area contributed by atoms with Gasteiger partial charge in [0.15, 0.2) is 17.8 Å². The molecule has 0 radical (unpaired) electrons. The van der Waals surface area contributed by atoms with Gasteiger partial charge in [-0.15, -0.1) is 0 Å². The molecule has 0 aliphatic rings. The molecule has 10 nitrogen and oxygen atoms in total. The van der Waals surface area contributed by atoms with E-state index in [4.69, 9.17) is 16.3 Å². The molecule has 0 unspecified atom stereocenters. The van der Waals surface area contributed by atoms with Crippen molar-refractivity contribution in [1.29, 1.82) is 0 Å². The molecule has 1 aromatic carbocycles. The van der Waals surface area contributed by atoms with E-state index in [0.29, 0.717) is 0 Å². The molecule has 2 heterocycles. The number of amides is 1. The number of anilines is 1. The van der Waals surface area contributed by atoms with Crippen molar-refractivity contribution in [1.82, 2.24) is 18.7 Å². The second kappa shape index (κ2) is 9.10. The maximum atomic E-state index is 13.1. The number of ether oxygens (including phenoxy) is 1. The Hall–Kier alpha value is -3.61. The molecule has 3 rings (SSSR count). The van der Waals surface area contributed by atoms with Crippen LogP contribution in [-0.4, -0.2) is 37.2 Å². The first-order valence-corrected chi connectivity index (χ1v) is 9.71. The predicted octanol–water partition coefficient (Wildman–Crippen LogP) is 1.68. The molecule has 2 aromatic heterocycles. The molecule has 0 fully saturated rings. The molecule has 0 saturated carbocycles. The first-order valence-electron chi connectivity index (χ1n) is 9.34. The van der Waals surface area contributed by atoms with Crippen molar-refractivity contribution in [2.45, 2.75) is 19.1 Å². The number of imidazole rings is 1. The Balaban J connectivity index is 1.63. The molecule has 1 amide bonds. The van der Waals surface area contributed by atoms with Gasteiger partial charge in [0.25, 0.3) is 11.5 Å². The number of hydrogen-bond acceptors (Lipinski definition) is 6. The smallest absolute Gasteiger partial charge is 0.418 e. The van der Waals surface area contributed by atoms with Crippen LogP contribution in [0.2, 0.25) is 5.02 Å². The highest BCUT2D eigenvalue weighted by molar-refractivity contribution is 6.34. The summed E-state index contributed by atoms with van der Waals surface area (Å²) in [5.74, 6) is -1.86. The number of carbonyl (C=O) groups excluding carboxylic acids is 2. The highest BCUT2D eigenvalue weighted by Gasteiger charge is 2.34. The first-order chi connectivity index (χ1) is 15.4. The van der Waals surface area contributed by atoms with E-state index in [1.165, 1.54) is 35.6 Å². The van der Waals surface area contributed by atoms with Crippen molar-refractivity contribution in [3.63, 3.8) is 0 Å². The Morgan fingerprint density at radius 2 is 1.88 bits per heavy atom. The highest BCUT2D eigenvalue weighted by atomic mass is 35.5. The van der Waals surface area contributed by atoms with Gasteiger partial charge in [-0.25, -0.2) is 9.78 Å². The maximum absolute atomic E-state index is 13.1. The van der Waals surface area contributed by atoms with Gasteiger partial charge in [-0.1, -0.05) is 17.7 Å². The van der Waals surface area contributed by atoms with Crippen LogP contribution in [0.4, 0.5) is 18.9 Å². The second-order valence-electron chi connectivity index (χ2n) is 6.93. The third kappa shape index (κ3) is 4.92. The Kier molecular flexibility index (Phi) is 6.63. The Morgan fingerprint density at radius 1 is 1.18 bits per heavy atom. The molecular weight excluding hydrogens is 471 g/mol. The molecule has 3 aromatic rings. The topological polar surface area (TPSA) is 117 Å². The van der Waals surface area contributed by atoms with Gasteiger partial charge < -0.3 is 14.6 Å². The van der Waals surface area contributed by atoms with E-state index >= 15 is 0 Å². The molecule has 176 valence electrons. The van der Waals surface area contributed by atoms with Gasteiger partial charge in [-0.2, -0.15) is 13.2 Å². The number of benzene rings is 1. The third-order valence-corrected chi connectivity index (χ3v) is 5.04. The van der Waals surface area contributed by atoms with Crippen LogP contribution in [0.25, 0.3) is 11.2 Å². The number of aromatic nitrogens is 4. The zero-order valence-electron chi connectivity index (χ0n) is 17.3. The third-order valence-electron chi connectivity index (χ3n) is 4.72. The van der Waals surface area contributed by atoms with E-state index < -0.39 is 47.2 Å². The number of hydrogen-bond donors (Lipinski definition) is 1. The van der Waals surface area contributed by atoms with E-state index in [1.807, 2.05) is 5.32 Å². The summed E-state index contributed by atoms with van der Waals surface area (Å²) in [7, 11) is 2.75. The number of fused-ring (bicyclic) bond motifs is 1. The zero-order chi connectivity index (χ0) is 24.5. The highest BCUT2D eigenvalue weighted by Crippen LogP contribution is 2.38. The lowest BCUT2D eigenvalue weighted by Crippen LogP contribution is -2.37. The number of aryl methyl sites for hydroxylation is 2. The Bertz CT molecular complexity index is 1360. The summed E-state index contributed by atoms with van der Waals surface area (Å²) >= 11 is 5.76. The fraction of sp³-hybridized carbons (Fsp3) is 0.316. The normalized spacial score (nSPS) is 11.6. The average molecular weight is 488 g/mol. The molecule has 0 saturated heterocycles. The van der Waals surface area contributed by atoms with Gasteiger partial charge in [0.05, 0.1) is 29.0 Å². The predicted molar refractivity (Wildman–Crippen MR) is 111 cm³/mol. The number of halogens is 4. The van der Waals surface area contributed by atoms with E-state index in [-0.39, 0.29) is 29.2 Å². The lowest BCUT2D eigenvalue weighted by Gasteiger charge is -2.15. The average Bonchev–Trinajstić information content (AvgIpc) is 3.18. The van der Waals surface area contributed by atoms with Crippen molar-refractivity contribution >= 4 is 40.3 Å². The van der Waals surface area contributed by atoms with Crippen LogP contribution >= 0.6 is 11.6 Å². The minimum absolute atomic E-state index is 0.0485. The number of nitrogens with zero attached hydrogens (tertiary/aromatic N) is 4. The minimum Gasteiger partial charge on any atom is -0.456 e. The lowest BCUT2D eigenvalue weighted by molar-refractivity contribution is -0.147. The zero-order valence-corrected chi connectivity index (χ0v) is 18.0. The first kappa shape index (κ1) is 24.0. The van der Waals surface area contributed by atoms with Crippen molar-refractivity contribution < 1.29 is 27.5 Å². The van der Waals surface area contributed by atoms with Crippen LogP contribution < -0.4 is 16.6 Å². The SMILES string of the molecule is Cn1c(=O)c2c(ncn2CCC(=O)OCC(=O)Nc2c(Cl)cccc2C(F)(F)F)n(C)c1=O. The van der Waals surface area contributed by atoms with E-state index in [1.54, 1.807) is 0 Å². The van der Waals surface area contributed by atoms with Crippen LogP contribution in [0.1, 0.15) is 12.0 Å². The van der Waals surface area contributed by atoms with Crippen molar-refractivity contribution in [2.75, 3.05) is 11.9 Å². The largest absolute Gasteiger partial charge is 0.456 e. The van der Waals surface area contributed by atoms with Gasteiger partial charge in [-0.05, 0) is 12.1 Å². The summed E-state index contributed by atoms with van der Waals surface area (Å²) in [6.45, 7) is -0.893. The Labute approximate surface area is 188 Å². The summed E-state index contributed by atoms with van der Waals surface area (Å²) < 4.78 is 47.5. The van der Waals surface area contributed by atoms with Gasteiger partial charge >= 0.3 is 17.8 Å². The van der Waals surface area contributed by atoms with E-state index in [2.05, 4.69) is 4.98 Å². The van der Waals surface area contributed by atoms with Crippen LogP contribution in [0.3, 0.4) is 0 Å². The summed E-state index contributed by atoms with van der Waals surface area (Å²) in [5.41, 5.74) is -2.70. The summed E-state index contributed by atoms with van der Waals surface area (Å²) in [4.78, 5) is 52.3. The summed E-state index contributed by atoms with van der Waals surface area (Å²) in [6, 6.07) is 3.02. The fourth-order valence-corrected chi connectivity index (χ4v) is 3.28. The number of nitrogens with one attached hydrogen (secondary N) is 1. The van der Waals surface area contributed by atoms with Gasteiger partial charge in [-0.3, -0.25) is 23.5 Å². The minimum atomic E-state index is -4.75. The van der Waals surface area contributed by atoms with Crippen LogP contribution in [0.15, 0.2) is 34.1 Å². The van der Waals surface area contributed by atoms with Gasteiger partial charge in [0.1, 0.15) is 0 Å². The molecule has 14 heteroatoms. The van der Waals surface area contributed by atoms with Crippen molar-refractivity contribution in [2.24, 2.45) is 14.1 Å². The molecule has 0 spiro atoms. The second-order valence-corrected chi connectivity index (χ2v) is 7.34. The molecular formula is C19H17ClF3N5O5. The van der Waals surface area contributed by atoms with E-state index in [9.17, 15) is 32.3 Å². The van der Waals surface area contributed by atoms with Gasteiger partial charge in [0.2, 0.25) is 0 Å². The van der Waals surface area contributed by atoms with Gasteiger partial charge in [0, 0.05) is 20.6 Å². The number of esters is 1. The molecule has 0 aliphatic heterocycles. The van der Waals surface area contributed by atoms with Crippen LogP contribution in [-0.2, 0) is 41.1 Å². The van der Waals surface area contributed by atoms with Crippen molar-refractivity contribution in [3.8, 4) is 0 Å².